The van der Waals surface area contributed by atoms with E-state index in [0.717, 1.165) is 53.0 Å². The lowest BCUT2D eigenvalue weighted by Crippen LogP contribution is -2.48. The number of benzene rings is 2. The number of hydrogen-bond acceptors (Lipinski definition) is 6. The van der Waals surface area contributed by atoms with Crippen LogP contribution in [0.1, 0.15) is 97.6 Å². The van der Waals surface area contributed by atoms with Gasteiger partial charge in [0.15, 0.2) is 0 Å². The van der Waals surface area contributed by atoms with E-state index in [1.165, 1.54) is 4.90 Å². The van der Waals surface area contributed by atoms with Gasteiger partial charge in [-0.2, -0.15) is 0 Å². The van der Waals surface area contributed by atoms with Crippen molar-refractivity contribution < 1.29 is 23.9 Å². The van der Waals surface area contributed by atoms with E-state index in [4.69, 9.17) is 9.47 Å². The minimum Gasteiger partial charge on any atom is -0.444 e. The van der Waals surface area contributed by atoms with Crippen LogP contribution in [0, 0.1) is 0 Å². The maximum atomic E-state index is 13.1. The molecule has 2 aliphatic heterocycles. The summed E-state index contributed by atoms with van der Waals surface area (Å²) in [6.45, 7) is 14.2. The smallest absolute Gasteiger partial charge is 0.410 e. The van der Waals surface area contributed by atoms with E-state index < -0.39 is 23.3 Å². The van der Waals surface area contributed by atoms with Crippen molar-refractivity contribution in [3.63, 3.8) is 0 Å². The number of nitrogens with one attached hydrogen (secondary N) is 2. The monoisotopic (exact) mass is 629 g/mol. The highest BCUT2D eigenvalue weighted by atomic mass is 16.6. The van der Waals surface area contributed by atoms with E-state index >= 15 is 0 Å². The molecule has 3 heterocycles. The van der Waals surface area contributed by atoms with Gasteiger partial charge in [-0.1, -0.05) is 48.5 Å². The normalized spacial score (nSPS) is 19.2. The highest BCUT2D eigenvalue weighted by Gasteiger charge is 2.37. The van der Waals surface area contributed by atoms with E-state index in [0.29, 0.717) is 19.5 Å². The lowest BCUT2D eigenvalue weighted by molar-refractivity contribution is -0.126. The van der Waals surface area contributed by atoms with E-state index in [1.54, 1.807) is 4.90 Å². The van der Waals surface area contributed by atoms with Gasteiger partial charge in [-0.25, -0.2) is 14.6 Å². The summed E-state index contributed by atoms with van der Waals surface area (Å²) in [7, 11) is 0. The fourth-order valence-corrected chi connectivity index (χ4v) is 6.02. The molecule has 0 radical (unpaired) electrons. The summed E-state index contributed by atoms with van der Waals surface area (Å²) in [5.41, 5.74) is 3.85. The minimum atomic E-state index is -0.610. The summed E-state index contributed by atoms with van der Waals surface area (Å²) < 4.78 is 11.1. The van der Waals surface area contributed by atoms with Crippen molar-refractivity contribution in [3.8, 4) is 22.4 Å². The molecule has 3 amide bonds. The number of rotatable bonds is 6. The van der Waals surface area contributed by atoms with Crippen LogP contribution in [0.5, 0.6) is 0 Å². The van der Waals surface area contributed by atoms with E-state index in [9.17, 15) is 14.4 Å². The first-order valence-electron chi connectivity index (χ1n) is 16.2. The standard InChI is InChI=1S/C36H47N5O5/c1-23(38-32(42)30-11-9-21-41(30)34(44)46-36(5,6)7)24-12-14-25(15-13-24)26-16-18-27(19-17-26)28-22-37-31(39-28)29-10-8-20-40(29)33(43)45-35(2,3)4/h12-19,22-23,29-30H,8-11,20-21H2,1-7H3,(H,37,39)(H,38,42). The number of likely N-dealkylation sites (tertiary alicyclic amines) is 2. The van der Waals surface area contributed by atoms with Gasteiger partial charge in [0.05, 0.1) is 24.0 Å². The minimum absolute atomic E-state index is 0.129. The molecular weight excluding hydrogens is 582 g/mol. The van der Waals surface area contributed by atoms with Gasteiger partial charge in [0, 0.05) is 13.1 Å². The Labute approximate surface area is 271 Å². The molecule has 0 bridgehead atoms. The highest BCUT2D eigenvalue weighted by Crippen LogP contribution is 2.33. The number of imidazole rings is 1. The van der Waals surface area contributed by atoms with Crippen molar-refractivity contribution in [2.45, 2.75) is 103 Å². The van der Waals surface area contributed by atoms with Crippen LogP contribution in [-0.4, -0.2) is 68.2 Å². The third-order valence-electron chi connectivity index (χ3n) is 8.27. The largest absolute Gasteiger partial charge is 0.444 e. The van der Waals surface area contributed by atoms with Gasteiger partial charge in [-0.15, -0.1) is 0 Å². The van der Waals surface area contributed by atoms with Gasteiger partial charge in [-0.05, 0) is 96.4 Å². The van der Waals surface area contributed by atoms with Crippen LogP contribution >= 0.6 is 0 Å². The first kappa shape index (κ1) is 33.0. The van der Waals surface area contributed by atoms with Crippen molar-refractivity contribution >= 4 is 18.1 Å². The van der Waals surface area contributed by atoms with E-state index in [-0.39, 0.29) is 24.1 Å². The fourth-order valence-electron chi connectivity index (χ4n) is 6.02. The van der Waals surface area contributed by atoms with Gasteiger partial charge < -0.3 is 19.8 Å². The van der Waals surface area contributed by atoms with E-state index in [1.807, 2.05) is 66.8 Å². The second kappa shape index (κ2) is 13.2. The van der Waals surface area contributed by atoms with E-state index in [2.05, 4.69) is 51.7 Å². The number of aromatic amines is 1. The van der Waals surface area contributed by atoms with Crippen LogP contribution < -0.4 is 5.32 Å². The molecule has 3 atom stereocenters. The highest BCUT2D eigenvalue weighted by molar-refractivity contribution is 5.86. The average Bonchev–Trinajstić information content (AvgIpc) is 3.76. The maximum Gasteiger partial charge on any atom is 0.410 e. The van der Waals surface area contributed by atoms with Crippen molar-refractivity contribution in [1.82, 2.24) is 25.1 Å². The molecular formula is C36H47N5O5. The zero-order chi connectivity index (χ0) is 33.2. The van der Waals surface area contributed by atoms with Gasteiger partial charge in [0.2, 0.25) is 5.91 Å². The molecule has 2 aliphatic rings. The molecule has 0 saturated carbocycles. The molecule has 1 aromatic heterocycles. The topological polar surface area (TPSA) is 117 Å². The first-order valence-corrected chi connectivity index (χ1v) is 16.2. The number of nitrogens with zero attached hydrogens (tertiary/aromatic N) is 3. The van der Waals surface area contributed by atoms with Crippen LogP contribution in [0.25, 0.3) is 22.4 Å². The molecule has 246 valence electrons. The summed E-state index contributed by atoms with van der Waals surface area (Å²) in [6.07, 6.45) is 4.21. The molecule has 2 aromatic carbocycles. The van der Waals surface area contributed by atoms with Gasteiger partial charge in [0.25, 0.3) is 0 Å². The van der Waals surface area contributed by atoms with Crippen molar-refractivity contribution in [2.24, 2.45) is 0 Å². The van der Waals surface area contributed by atoms with Crippen LogP contribution in [0.3, 0.4) is 0 Å². The Morgan fingerprint density at radius 2 is 1.33 bits per heavy atom. The van der Waals surface area contributed by atoms with Gasteiger partial charge in [-0.3, -0.25) is 14.6 Å². The molecule has 10 nitrogen and oxygen atoms in total. The molecule has 2 saturated heterocycles. The molecule has 46 heavy (non-hydrogen) atoms. The lowest BCUT2D eigenvalue weighted by atomic mass is 10.00. The predicted molar refractivity (Wildman–Crippen MR) is 177 cm³/mol. The molecule has 5 rings (SSSR count). The molecule has 0 aliphatic carbocycles. The zero-order valence-electron chi connectivity index (χ0n) is 28.1. The molecule has 2 N–H and O–H groups in total. The zero-order valence-corrected chi connectivity index (χ0v) is 28.1. The van der Waals surface area contributed by atoms with Gasteiger partial charge >= 0.3 is 12.2 Å². The third-order valence-corrected chi connectivity index (χ3v) is 8.27. The quantitative estimate of drug-likeness (QED) is 0.294. The first-order chi connectivity index (χ1) is 21.7. The Morgan fingerprint density at radius 1 is 0.804 bits per heavy atom. The summed E-state index contributed by atoms with van der Waals surface area (Å²) in [4.78, 5) is 49.9. The molecule has 3 unspecified atom stereocenters. The number of aromatic nitrogens is 2. The average molecular weight is 630 g/mol. The molecule has 0 spiro atoms. The van der Waals surface area contributed by atoms with Crippen LogP contribution in [0.2, 0.25) is 0 Å². The molecule has 2 fully saturated rings. The number of amides is 3. The van der Waals surface area contributed by atoms with Gasteiger partial charge in [0.1, 0.15) is 23.1 Å². The van der Waals surface area contributed by atoms with Crippen LogP contribution in [-0.2, 0) is 14.3 Å². The van der Waals surface area contributed by atoms with Crippen LogP contribution in [0.4, 0.5) is 9.59 Å². The Bertz CT molecular complexity index is 1530. The number of carbonyl (C=O) groups is 3. The summed E-state index contributed by atoms with van der Waals surface area (Å²) in [5.74, 6) is 0.604. The number of hydrogen-bond donors (Lipinski definition) is 2. The fraction of sp³-hybridized carbons (Fsp3) is 0.500. The van der Waals surface area contributed by atoms with Crippen molar-refractivity contribution in [2.75, 3.05) is 13.1 Å². The maximum absolute atomic E-state index is 13.1. The second-order valence-corrected chi connectivity index (χ2v) is 14.3. The van der Waals surface area contributed by atoms with Crippen LogP contribution in [0.15, 0.2) is 54.7 Å². The van der Waals surface area contributed by atoms with Crippen molar-refractivity contribution in [1.29, 1.82) is 0 Å². The number of carbonyl (C=O) groups excluding carboxylic acids is 3. The summed E-state index contributed by atoms with van der Waals surface area (Å²) in [6, 6.07) is 15.5. The second-order valence-electron chi connectivity index (χ2n) is 14.3. The summed E-state index contributed by atoms with van der Waals surface area (Å²) in [5, 5.41) is 3.08. The predicted octanol–water partition coefficient (Wildman–Crippen LogP) is 7.39. The van der Waals surface area contributed by atoms with Crippen molar-refractivity contribution in [3.05, 3.63) is 66.1 Å². The molecule has 3 aromatic rings. The Hall–Kier alpha value is -4.34. The SMILES string of the molecule is CC(NC(=O)C1CCCN1C(=O)OC(C)(C)C)c1ccc(-c2ccc(-c3cnc(C4CCCN4C(=O)OC(C)(C)C)[nH]3)cc2)cc1. The summed E-state index contributed by atoms with van der Waals surface area (Å²) >= 11 is 0. The number of ether oxygens (including phenoxy) is 2. The Balaban J connectivity index is 1.19. The third kappa shape index (κ3) is 7.89. The lowest BCUT2D eigenvalue weighted by Gasteiger charge is -2.28. The number of H-pyrrole nitrogens is 1. The Kier molecular flexibility index (Phi) is 9.47. The Morgan fingerprint density at radius 3 is 1.93 bits per heavy atom. The molecule has 10 heteroatoms.